The number of hydrogen-bond donors (Lipinski definition) is 1. The van der Waals surface area contributed by atoms with Crippen LogP contribution in [0.3, 0.4) is 0 Å². The fourth-order valence-corrected chi connectivity index (χ4v) is 4.77. The van der Waals surface area contributed by atoms with Crippen molar-refractivity contribution in [2.24, 2.45) is 0 Å². The van der Waals surface area contributed by atoms with Crippen molar-refractivity contribution in [1.29, 1.82) is 0 Å². The Balaban J connectivity index is 1.66. The predicted octanol–water partition coefficient (Wildman–Crippen LogP) is 6.80. The molecule has 0 radical (unpaired) electrons. The predicted molar refractivity (Wildman–Crippen MR) is 151 cm³/mol. The normalized spacial score (nSPS) is 14.6. The molecule has 3 aromatic rings. The van der Waals surface area contributed by atoms with Crippen LogP contribution in [-0.4, -0.2) is 17.8 Å². The van der Waals surface area contributed by atoms with Crippen LogP contribution in [0.15, 0.2) is 81.8 Å². The van der Waals surface area contributed by atoms with Crippen molar-refractivity contribution in [3.63, 3.8) is 0 Å². The molecule has 1 saturated heterocycles. The number of anilines is 1. The van der Waals surface area contributed by atoms with Gasteiger partial charge in [0.2, 0.25) is 0 Å². The van der Waals surface area contributed by atoms with Crippen LogP contribution in [0.25, 0.3) is 6.08 Å². The van der Waals surface area contributed by atoms with Gasteiger partial charge in [0.25, 0.3) is 11.8 Å². The standard InChI is InChI=1S/C29H24Br2N2O4/c1-4-5-21-13-20(15-25(31)26(21)37-16-19-8-6-17(2)7-9-19)14-23-27(34)32-29(36)33(28(23)35)22-10-11-24(30)18(3)12-22/h4,6-15H,1,5,16H2,2-3H3,(H,32,34,36)/b23-14+. The molecule has 1 N–H and O–H groups in total. The van der Waals surface area contributed by atoms with Crippen LogP contribution in [0.2, 0.25) is 0 Å². The lowest BCUT2D eigenvalue weighted by Gasteiger charge is -2.26. The number of allylic oxidation sites excluding steroid dienone is 1. The molecule has 188 valence electrons. The molecule has 1 aliphatic rings. The lowest BCUT2D eigenvalue weighted by atomic mass is 10.0. The number of hydrogen-bond acceptors (Lipinski definition) is 4. The summed E-state index contributed by atoms with van der Waals surface area (Å²) in [6.45, 7) is 8.10. The summed E-state index contributed by atoms with van der Waals surface area (Å²) in [6.07, 6.45) is 3.75. The van der Waals surface area contributed by atoms with Crippen LogP contribution < -0.4 is 15.0 Å². The molecule has 0 bridgehead atoms. The summed E-state index contributed by atoms with van der Waals surface area (Å²) >= 11 is 7.00. The zero-order valence-corrected chi connectivity index (χ0v) is 23.5. The topological polar surface area (TPSA) is 75.7 Å². The number of carbonyl (C=O) groups excluding carboxylic acids is 3. The number of imide groups is 2. The fourth-order valence-electron chi connectivity index (χ4n) is 3.89. The highest BCUT2D eigenvalue weighted by molar-refractivity contribution is 9.10. The molecule has 37 heavy (non-hydrogen) atoms. The van der Waals surface area contributed by atoms with Gasteiger partial charge in [-0.25, -0.2) is 9.69 Å². The Bertz CT molecular complexity index is 1450. The van der Waals surface area contributed by atoms with Crippen molar-refractivity contribution in [2.45, 2.75) is 26.9 Å². The summed E-state index contributed by atoms with van der Waals surface area (Å²) < 4.78 is 7.64. The van der Waals surface area contributed by atoms with Gasteiger partial charge < -0.3 is 4.74 Å². The van der Waals surface area contributed by atoms with E-state index in [2.05, 4.69) is 43.8 Å². The van der Waals surface area contributed by atoms with Gasteiger partial charge in [0.05, 0.1) is 10.2 Å². The Labute approximate surface area is 232 Å². The smallest absolute Gasteiger partial charge is 0.335 e. The lowest BCUT2D eigenvalue weighted by Crippen LogP contribution is -2.54. The molecule has 6 nitrogen and oxygen atoms in total. The van der Waals surface area contributed by atoms with Crippen LogP contribution >= 0.6 is 31.9 Å². The largest absolute Gasteiger partial charge is 0.487 e. The molecule has 3 aromatic carbocycles. The van der Waals surface area contributed by atoms with Gasteiger partial charge in [-0.1, -0.05) is 51.8 Å². The van der Waals surface area contributed by atoms with E-state index in [0.29, 0.717) is 34.5 Å². The second-order valence-electron chi connectivity index (χ2n) is 8.65. The first-order valence-electron chi connectivity index (χ1n) is 11.5. The summed E-state index contributed by atoms with van der Waals surface area (Å²) in [5.41, 5.74) is 4.71. The third-order valence-corrected chi connectivity index (χ3v) is 7.30. The van der Waals surface area contributed by atoms with Crippen molar-refractivity contribution >= 4 is 61.5 Å². The molecule has 4 rings (SSSR count). The molecule has 1 heterocycles. The van der Waals surface area contributed by atoms with Crippen molar-refractivity contribution in [3.8, 4) is 5.75 Å². The average molecular weight is 624 g/mol. The molecule has 4 amide bonds. The molecule has 0 saturated carbocycles. The second kappa shape index (κ2) is 11.3. The molecule has 0 unspecified atom stereocenters. The number of benzene rings is 3. The third-order valence-electron chi connectivity index (χ3n) is 5.82. The third kappa shape index (κ3) is 5.92. The summed E-state index contributed by atoms with van der Waals surface area (Å²) in [5.74, 6) is -0.790. The number of carbonyl (C=O) groups is 3. The maximum atomic E-state index is 13.3. The van der Waals surface area contributed by atoms with Gasteiger partial charge in [-0.05, 0) is 94.9 Å². The number of ether oxygens (including phenoxy) is 1. The van der Waals surface area contributed by atoms with Gasteiger partial charge in [-0.3, -0.25) is 14.9 Å². The van der Waals surface area contributed by atoms with E-state index in [1.165, 1.54) is 11.6 Å². The average Bonchev–Trinajstić information content (AvgIpc) is 2.84. The van der Waals surface area contributed by atoms with Gasteiger partial charge in [0, 0.05) is 4.47 Å². The Morgan fingerprint density at radius 3 is 2.38 bits per heavy atom. The maximum Gasteiger partial charge on any atom is 0.335 e. The van der Waals surface area contributed by atoms with E-state index in [4.69, 9.17) is 4.74 Å². The summed E-state index contributed by atoms with van der Waals surface area (Å²) in [7, 11) is 0. The van der Waals surface area contributed by atoms with Crippen molar-refractivity contribution < 1.29 is 19.1 Å². The number of amides is 4. The number of nitrogens with one attached hydrogen (secondary N) is 1. The number of halogens is 2. The minimum absolute atomic E-state index is 0.148. The van der Waals surface area contributed by atoms with Crippen LogP contribution in [0.4, 0.5) is 10.5 Å². The summed E-state index contributed by atoms with van der Waals surface area (Å²) in [6, 6.07) is 16.0. The van der Waals surface area contributed by atoms with Crippen LogP contribution in [0, 0.1) is 13.8 Å². The van der Waals surface area contributed by atoms with E-state index in [0.717, 1.165) is 26.1 Å². The molecular weight excluding hydrogens is 600 g/mol. The first-order chi connectivity index (χ1) is 17.7. The molecular formula is C29H24Br2N2O4. The number of barbiturate groups is 1. The van der Waals surface area contributed by atoms with Crippen LogP contribution in [-0.2, 0) is 22.6 Å². The Morgan fingerprint density at radius 2 is 1.70 bits per heavy atom. The Hall–Kier alpha value is -3.49. The molecule has 0 atom stereocenters. The highest BCUT2D eigenvalue weighted by atomic mass is 79.9. The first kappa shape index (κ1) is 26.6. The van der Waals surface area contributed by atoms with Crippen LogP contribution in [0.5, 0.6) is 5.75 Å². The van der Waals surface area contributed by atoms with Crippen molar-refractivity contribution in [3.05, 3.63) is 110 Å². The zero-order valence-electron chi connectivity index (χ0n) is 20.3. The maximum absolute atomic E-state index is 13.3. The molecule has 8 heteroatoms. The van der Waals surface area contributed by atoms with Gasteiger partial charge in [0.1, 0.15) is 17.9 Å². The van der Waals surface area contributed by atoms with Crippen molar-refractivity contribution in [2.75, 3.05) is 4.90 Å². The summed E-state index contributed by atoms with van der Waals surface area (Å²) in [4.78, 5) is 39.5. The highest BCUT2D eigenvalue weighted by Gasteiger charge is 2.37. The minimum atomic E-state index is -0.790. The lowest BCUT2D eigenvalue weighted by molar-refractivity contribution is -0.122. The molecule has 1 aliphatic heterocycles. The van der Waals surface area contributed by atoms with Gasteiger partial charge in [0.15, 0.2) is 0 Å². The molecule has 0 aliphatic carbocycles. The minimum Gasteiger partial charge on any atom is -0.487 e. The molecule has 0 spiro atoms. The van der Waals surface area contributed by atoms with E-state index >= 15 is 0 Å². The van der Waals surface area contributed by atoms with E-state index in [1.807, 2.05) is 44.2 Å². The van der Waals surface area contributed by atoms with E-state index in [-0.39, 0.29) is 5.57 Å². The number of rotatable bonds is 7. The van der Waals surface area contributed by atoms with Gasteiger partial charge >= 0.3 is 6.03 Å². The van der Waals surface area contributed by atoms with E-state index < -0.39 is 17.8 Å². The quantitative estimate of drug-likeness (QED) is 0.178. The fraction of sp³-hybridized carbons (Fsp3) is 0.138. The first-order valence-corrected chi connectivity index (χ1v) is 13.1. The monoisotopic (exact) mass is 622 g/mol. The molecule has 0 aromatic heterocycles. The van der Waals surface area contributed by atoms with Gasteiger partial charge in [-0.2, -0.15) is 0 Å². The number of aryl methyl sites for hydroxylation is 2. The number of nitrogens with zero attached hydrogens (tertiary/aromatic N) is 1. The van der Waals surface area contributed by atoms with E-state index in [9.17, 15) is 14.4 Å². The van der Waals surface area contributed by atoms with Crippen LogP contribution in [0.1, 0.15) is 27.8 Å². The summed E-state index contributed by atoms with van der Waals surface area (Å²) in [5, 5.41) is 2.27. The Kier molecular flexibility index (Phi) is 8.10. The Morgan fingerprint density at radius 1 is 0.973 bits per heavy atom. The number of urea groups is 1. The van der Waals surface area contributed by atoms with Gasteiger partial charge in [-0.15, -0.1) is 6.58 Å². The second-order valence-corrected chi connectivity index (χ2v) is 10.4. The molecule has 1 fully saturated rings. The zero-order chi connectivity index (χ0) is 26.7. The van der Waals surface area contributed by atoms with Crippen molar-refractivity contribution in [1.82, 2.24) is 5.32 Å². The highest BCUT2D eigenvalue weighted by Crippen LogP contribution is 2.34. The SMILES string of the molecule is C=CCc1cc(/C=C2\C(=O)NC(=O)N(c3ccc(Br)c(C)c3)C2=O)cc(Br)c1OCc1ccc(C)cc1. The van der Waals surface area contributed by atoms with E-state index in [1.54, 1.807) is 30.3 Å².